The van der Waals surface area contributed by atoms with Crippen molar-refractivity contribution in [2.75, 3.05) is 20.8 Å². The Hall–Kier alpha value is -1.75. The molecule has 0 saturated heterocycles. The molecule has 1 aliphatic rings. The molecule has 5 nitrogen and oxygen atoms in total. The van der Waals surface area contributed by atoms with E-state index in [4.69, 9.17) is 21.7 Å². The highest BCUT2D eigenvalue weighted by molar-refractivity contribution is 6.33. The first-order valence-electron chi connectivity index (χ1n) is 5.85. The molecule has 2 rings (SSSR count). The Morgan fingerprint density at radius 2 is 2.32 bits per heavy atom. The van der Waals surface area contributed by atoms with Crippen molar-refractivity contribution >= 4 is 23.4 Å². The molecule has 0 fully saturated rings. The minimum atomic E-state index is -0.655. The highest BCUT2D eigenvalue weighted by atomic mass is 35.5. The lowest BCUT2D eigenvalue weighted by atomic mass is 10.1. The Kier molecular flexibility index (Phi) is 3.95. The number of nitrogens with zero attached hydrogens (tertiary/aromatic N) is 1. The van der Waals surface area contributed by atoms with Gasteiger partial charge in [-0.3, -0.25) is 5.41 Å². The van der Waals surface area contributed by atoms with Gasteiger partial charge < -0.3 is 14.4 Å². The third-order valence-electron chi connectivity index (χ3n) is 2.98. The van der Waals surface area contributed by atoms with E-state index >= 15 is 0 Å². The van der Waals surface area contributed by atoms with Crippen molar-refractivity contribution in [1.82, 2.24) is 4.90 Å². The van der Waals surface area contributed by atoms with Gasteiger partial charge in [0.25, 0.3) is 0 Å². The molecule has 1 aromatic rings. The zero-order valence-electron chi connectivity index (χ0n) is 10.8. The number of hydrogen-bond acceptors (Lipinski definition) is 4. The number of benzene rings is 1. The monoisotopic (exact) mass is 282 g/mol. The number of halogens is 1. The predicted molar refractivity (Wildman–Crippen MR) is 71.9 cm³/mol. The van der Waals surface area contributed by atoms with E-state index in [1.54, 1.807) is 13.1 Å². The average Bonchev–Trinajstić information content (AvgIpc) is 2.85. The molecule has 0 unspecified atom stereocenters. The third-order valence-corrected chi connectivity index (χ3v) is 3.26. The van der Waals surface area contributed by atoms with Gasteiger partial charge in [0, 0.05) is 20.0 Å². The van der Waals surface area contributed by atoms with E-state index in [2.05, 4.69) is 4.74 Å². The maximum atomic E-state index is 11.3. The van der Waals surface area contributed by atoms with Crippen molar-refractivity contribution < 1.29 is 14.3 Å². The molecular formula is C13H15ClN2O3. The highest BCUT2D eigenvalue weighted by Gasteiger charge is 2.19. The second-order valence-electron chi connectivity index (χ2n) is 4.36. The summed E-state index contributed by atoms with van der Waals surface area (Å²) < 4.78 is 9.95. The number of carbonyl (C=O) groups is 1. The van der Waals surface area contributed by atoms with Crippen LogP contribution in [-0.2, 0) is 22.5 Å². The van der Waals surface area contributed by atoms with Crippen LogP contribution in [0.3, 0.4) is 0 Å². The van der Waals surface area contributed by atoms with Gasteiger partial charge in [-0.15, -0.1) is 0 Å². The highest BCUT2D eigenvalue weighted by Crippen LogP contribution is 2.34. The van der Waals surface area contributed by atoms with Gasteiger partial charge in [0.1, 0.15) is 5.75 Å². The molecule has 1 N–H and O–H groups in total. The summed E-state index contributed by atoms with van der Waals surface area (Å²) in [6.07, 6.45) is 0.834. The normalized spacial score (nSPS) is 12.6. The van der Waals surface area contributed by atoms with Gasteiger partial charge >= 0.3 is 5.97 Å². The van der Waals surface area contributed by atoms with E-state index in [1.807, 2.05) is 6.07 Å². The molecule has 102 valence electrons. The molecule has 0 amide bonds. The van der Waals surface area contributed by atoms with Crippen LogP contribution in [0, 0.1) is 5.41 Å². The standard InChI is InChI=1S/C13H15ClN2O3/c1-16(12(15)13(17)18-2)7-8-5-9-3-4-19-11(9)10(14)6-8/h5-6,15H,3-4,7H2,1-2H3. The van der Waals surface area contributed by atoms with E-state index < -0.39 is 5.97 Å². The fourth-order valence-electron chi connectivity index (χ4n) is 2.02. The SMILES string of the molecule is COC(=O)C(=N)N(C)Cc1cc(Cl)c2c(c1)CCO2. The van der Waals surface area contributed by atoms with Crippen molar-refractivity contribution in [2.24, 2.45) is 0 Å². The summed E-state index contributed by atoms with van der Waals surface area (Å²) >= 11 is 6.14. The van der Waals surface area contributed by atoms with Gasteiger partial charge in [-0.1, -0.05) is 17.7 Å². The number of methoxy groups -OCH3 is 1. The van der Waals surface area contributed by atoms with E-state index in [9.17, 15) is 4.79 Å². The predicted octanol–water partition coefficient (Wildman–Crippen LogP) is 1.86. The van der Waals surface area contributed by atoms with Crippen LogP contribution in [0.15, 0.2) is 12.1 Å². The Morgan fingerprint density at radius 3 is 3.00 bits per heavy atom. The van der Waals surface area contributed by atoms with Crippen LogP contribution in [0.25, 0.3) is 0 Å². The molecule has 6 heteroatoms. The van der Waals surface area contributed by atoms with Gasteiger partial charge in [0.15, 0.2) is 0 Å². The molecule has 0 saturated carbocycles. The first-order valence-corrected chi connectivity index (χ1v) is 6.23. The third kappa shape index (κ3) is 2.81. The van der Waals surface area contributed by atoms with Gasteiger partial charge in [-0.25, -0.2) is 4.79 Å². The van der Waals surface area contributed by atoms with Crippen molar-refractivity contribution in [2.45, 2.75) is 13.0 Å². The molecule has 1 aromatic carbocycles. The topological polar surface area (TPSA) is 62.6 Å². The Labute approximate surface area is 116 Å². The van der Waals surface area contributed by atoms with Gasteiger partial charge in [-0.05, 0) is 17.2 Å². The van der Waals surface area contributed by atoms with E-state index in [-0.39, 0.29) is 5.84 Å². The second kappa shape index (κ2) is 5.48. The molecule has 0 spiro atoms. The summed E-state index contributed by atoms with van der Waals surface area (Å²) in [7, 11) is 2.92. The molecular weight excluding hydrogens is 268 g/mol. The summed E-state index contributed by atoms with van der Waals surface area (Å²) in [5, 5.41) is 8.22. The minimum absolute atomic E-state index is 0.185. The molecule has 1 aliphatic heterocycles. The lowest BCUT2D eigenvalue weighted by Crippen LogP contribution is -2.33. The first kappa shape index (κ1) is 13.7. The number of rotatable bonds is 2. The number of ether oxygens (including phenoxy) is 2. The zero-order valence-corrected chi connectivity index (χ0v) is 11.6. The van der Waals surface area contributed by atoms with Gasteiger partial charge in [-0.2, -0.15) is 0 Å². The van der Waals surface area contributed by atoms with Crippen LogP contribution in [0.4, 0.5) is 0 Å². The number of fused-ring (bicyclic) bond motifs is 1. The first-order chi connectivity index (χ1) is 9.02. The van der Waals surface area contributed by atoms with Crippen LogP contribution < -0.4 is 4.74 Å². The fourth-order valence-corrected chi connectivity index (χ4v) is 2.34. The average molecular weight is 283 g/mol. The second-order valence-corrected chi connectivity index (χ2v) is 4.77. The number of likely N-dealkylation sites (N-methyl/N-ethyl adjacent to an activating group) is 1. The Balaban J connectivity index is 2.14. The Morgan fingerprint density at radius 1 is 1.58 bits per heavy atom. The van der Waals surface area contributed by atoms with Crippen LogP contribution in [0.1, 0.15) is 11.1 Å². The zero-order chi connectivity index (χ0) is 14.0. The number of hydrogen-bond donors (Lipinski definition) is 1. The van der Waals surface area contributed by atoms with Crippen molar-refractivity contribution in [1.29, 1.82) is 5.41 Å². The van der Waals surface area contributed by atoms with E-state index in [0.29, 0.717) is 18.2 Å². The van der Waals surface area contributed by atoms with Crippen LogP contribution >= 0.6 is 11.6 Å². The van der Waals surface area contributed by atoms with Crippen molar-refractivity contribution in [3.8, 4) is 5.75 Å². The summed E-state index contributed by atoms with van der Waals surface area (Å²) in [5.41, 5.74) is 2.01. The van der Waals surface area contributed by atoms with Crippen molar-refractivity contribution in [3.05, 3.63) is 28.3 Å². The Bertz CT molecular complexity index is 531. The quantitative estimate of drug-likeness (QED) is 0.511. The smallest absolute Gasteiger partial charge is 0.373 e. The van der Waals surface area contributed by atoms with Crippen LogP contribution in [-0.4, -0.2) is 37.5 Å². The van der Waals surface area contributed by atoms with E-state index in [1.165, 1.54) is 12.0 Å². The number of amidine groups is 1. The van der Waals surface area contributed by atoms with Gasteiger partial charge in [0.2, 0.25) is 5.84 Å². The fraction of sp³-hybridized carbons (Fsp3) is 0.385. The minimum Gasteiger partial charge on any atom is -0.491 e. The molecule has 0 aromatic heterocycles. The van der Waals surface area contributed by atoms with Crippen molar-refractivity contribution in [3.63, 3.8) is 0 Å². The van der Waals surface area contributed by atoms with Crippen LogP contribution in [0.2, 0.25) is 5.02 Å². The molecule has 19 heavy (non-hydrogen) atoms. The number of carbonyl (C=O) groups excluding carboxylic acids is 1. The molecule has 0 aliphatic carbocycles. The number of nitrogens with one attached hydrogen (secondary N) is 1. The maximum absolute atomic E-state index is 11.3. The molecule has 0 bridgehead atoms. The summed E-state index contributed by atoms with van der Waals surface area (Å²) in [6.45, 7) is 1.06. The van der Waals surface area contributed by atoms with Gasteiger partial charge in [0.05, 0.1) is 18.7 Å². The summed E-state index contributed by atoms with van der Waals surface area (Å²) in [6, 6.07) is 3.79. The number of esters is 1. The van der Waals surface area contributed by atoms with E-state index in [0.717, 1.165) is 23.3 Å². The largest absolute Gasteiger partial charge is 0.491 e. The lowest BCUT2D eigenvalue weighted by molar-refractivity contribution is -0.133. The summed E-state index contributed by atoms with van der Waals surface area (Å²) in [5.74, 6) is -0.0930. The lowest BCUT2D eigenvalue weighted by Gasteiger charge is -2.18. The van der Waals surface area contributed by atoms with Crippen LogP contribution in [0.5, 0.6) is 5.75 Å². The molecule has 0 atom stereocenters. The molecule has 0 radical (unpaired) electrons. The maximum Gasteiger partial charge on any atom is 0.373 e. The molecule has 1 heterocycles. The summed E-state index contributed by atoms with van der Waals surface area (Å²) in [4.78, 5) is 12.8.